The Balaban J connectivity index is 1.33. The van der Waals surface area contributed by atoms with Gasteiger partial charge in [0.15, 0.2) is 11.5 Å². The second-order valence-corrected chi connectivity index (χ2v) is 7.83. The lowest BCUT2D eigenvalue weighted by atomic mass is 10.2. The van der Waals surface area contributed by atoms with Gasteiger partial charge in [-0.25, -0.2) is 4.79 Å². The van der Waals surface area contributed by atoms with Gasteiger partial charge in [-0.1, -0.05) is 5.16 Å². The number of likely N-dealkylation sites (tertiary alicyclic amines) is 1. The van der Waals surface area contributed by atoms with Crippen LogP contribution in [-0.4, -0.2) is 47.9 Å². The molecule has 150 valence electrons. The molecule has 0 saturated carbocycles. The molecule has 0 bridgehead atoms. The van der Waals surface area contributed by atoms with Crippen molar-refractivity contribution in [2.75, 3.05) is 29.9 Å². The highest BCUT2D eigenvalue weighted by atomic mass is 16.6. The maximum Gasteiger partial charge on any atom is 0.417 e. The Kier molecular flexibility index (Phi) is 5.26. The Bertz CT molecular complexity index is 813. The quantitative estimate of drug-likeness (QED) is 0.860. The lowest BCUT2D eigenvalue weighted by Gasteiger charge is -2.28. The van der Waals surface area contributed by atoms with E-state index in [-0.39, 0.29) is 0 Å². The van der Waals surface area contributed by atoms with Gasteiger partial charge >= 0.3 is 6.09 Å². The number of benzene rings is 1. The first-order valence-corrected chi connectivity index (χ1v) is 10.0. The number of hydrogen-bond acceptors (Lipinski definition) is 6. The topological polar surface area (TPSA) is 70.8 Å². The van der Waals surface area contributed by atoms with Crippen LogP contribution in [0.25, 0.3) is 0 Å². The summed E-state index contributed by atoms with van der Waals surface area (Å²) in [6, 6.07) is 9.30. The Morgan fingerprint density at radius 1 is 1.21 bits per heavy atom. The van der Waals surface area contributed by atoms with Crippen LogP contribution in [0.15, 0.2) is 28.8 Å². The SMILES string of the molecule is Cc1noc(C)c1OC(=O)Nc1ccc(N2CCC(N3CCCC3C)C2)cc1. The number of hydrogen-bond donors (Lipinski definition) is 1. The van der Waals surface area contributed by atoms with Crippen molar-refractivity contribution in [3.63, 3.8) is 0 Å². The van der Waals surface area contributed by atoms with Gasteiger partial charge in [-0.2, -0.15) is 0 Å². The van der Waals surface area contributed by atoms with Crippen LogP contribution in [0, 0.1) is 13.8 Å². The second kappa shape index (κ2) is 7.83. The number of nitrogens with zero attached hydrogens (tertiary/aromatic N) is 3. The maximum atomic E-state index is 12.1. The van der Waals surface area contributed by atoms with Gasteiger partial charge in [-0.15, -0.1) is 0 Å². The molecular formula is C21H28N4O3. The fourth-order valence-electron chi connectivity index (χ4n) is 4.36. The van der Waals surface area contributed by atoms with E-state index in [4.69, 9.17) is 9.26 Å². The third-order valence-electron chi connectivity index (χ3n) is 5.88. The molecule has 4 rings (SSSR count). The number of aromatic nitrogens is 1. The van der Waals surface area contributed by atoms with Crippen molar-refractivity contribution in [3.05, 3.63) is 35.7 Å². The summed E-state index contributed by atoms with van der Waals surface area (Å²) >= 11 is 0. The van der Waals surface area contributed by atoms with Gasteiger partial charge < -0.3 is 14.2 Å². The molecule has 1 aromatic heterocycles. The lowest BCUT2D eigenvalue weighted by molar-refractivity contribution is 0.204. The molecule has 7 heteroatoms. The average Bonchev–Trinajstić information content (AvgIpc) is 3.39. The van der Waals surface area contributed by atoms with Gasteiger partial charge in [0.2, 0.25) is 0 Å². The Morgan fingerprint density at radius 2 is 2.00 bits per heavy atom. The van der Waals surface area contributed by atoms with Crippen molar-refractivity contribution in [3.8, 4) is 5.75 Å². The van der Waals surface area contributed by atoms with Crippen molar-refractivity contribution in [1.82, 2.24) is 10.1 Å². The van der Waals surface area contributed by atoms with E-state index in [0.29, 0.717) is 35.0 Å². The van der Waals surface area contributed by atoms with Crippen molar-refractivity contribution in [2.45, 2.75) is 52.1 Å². The van der Waals surface area contributed by atoms with Crippen molar-refractivity contribution >= 4 is 17.5 Å². The number of anilines is 2. The Hall–Kier alpha value is -2.54. The zero-order valence-electron chi connectivity index (χ0n) is 16.8. The molecule has 0 radical (unpaired) electrons. The number of ether oxygens (including phenoxy) is 1. The molecule has 1 amide bonds. The van der Waals surface area contributed by atoms with E-state index < -0.39 is 6.09 Å². The Labute approximate surface area is 165 Å². The first kappa shape index (κ1) is 18.8. The van der Waals surface area contributed by atoms with Gasteiger partial charge in [0.1, 0.15) is 5.69 Å². The van der Waals surface area contributed by atoms with E-state index in [1.807, 2.05) is 12.1 Å². The van der Waals surface area contributed by atoms with Crippen LogP contribution in [-0.2, 0) is 0 Å². The van der Waals surface area contributed by atoms with Crippen LogP contribution < -0.4 is 15.0 Å². The molecule has 28 heavy (non-hydrogen) atoms. The van der Waals surface area contributed by atoms with Crippen LogP contribution in [0.3, 0.4) is 0 Å². The van der Waals surface area contributed by atoms with Gasteiger partial charge in [0, 0.05) is 43.5 Å². The van der Waals surface area contributed by atoms with Gasteiger partial charge in [-0.05, 0) is 63.9 Å². The molecular weight excluding hydrogens is 356 g/mol. The molecule has 7 nitrogen and oxygen atoms in total. The van der Waals surface area contributed by atoms with Crippen LogP contribution in [0.2, 0.25) is 0 Å². The highest BCUT2D eigenvalue weighted by Crippen LogP contribution is 2.29. The van der Waals surface area contributed by atoms with E-state index >= 15 is 0 Å². The predicted octanol–water partition coefficient (Wildman–Crippen LogP) is 3.97. The van der Waals surface area contributed by atoms with Crippen molar-refractivity contribution < 1.29 is 14.1 Å². The molecule has 3 heterocycles. The van der Waals surface area contributed by atoms with E-state index in [1.54, 1.807) is 13.8 Å². The van der Waals surface area contributed by atoms with E-state index in [0.717, 1.165) is 13.1 Å². The smallest absolute Gasteiger partial charge is 0.404 e. The third kappa shape index (κ3) is 3.85. The monoisotopic (exact) mass is 384 g/mol. The molecule has 1 N–H and O–H groups in total. The summed E-state index contributed by atoms with van der Waals surface area (Å²) < 4.78 is 10.3. The number of carbonyl (C=O) groups excluding carboxylic acids is 1. The molecule has 2 unspecified atom stereocenters. The van der Waals surface area contributed by atoms with Crippen LogP contribution >= 0.6 is 0 Å². The van der Waals surface area contributed by atoms with Crippen molar-refractivity contribution in [2.24, 2.45) is 0 Å². The van der Waals surface area contributed by atoms with Crippen LogP contribution in [0.1, 0.15) is 37.6 Å². The van der Waals surface area contributed by atoms with E-state index in [2.05, 4.69) is 39.3 Å². The highest BCUT2D eigenvalue weighted by molar-refractivity contribution is 5.86. The number of aryl methyl sites for hydroxylation is 2. The van der Waals surface area contributed by atoms with Crippen molar-refractivity contribution in [1.29, 1.82) is 0 Å². The summed E-state index contributed by atoms with van der Waals surface area (Å²) in [4.78, 5) is 17.2. The molecule has 2 aromatic rings. The van der Waals surface area contributed by atoms with Crippen LogP contribution in [0.5, 0.6) is 5.75 Å². The number of nitrogens with one attached hydrogen (secondary N) is 1. The molecule has 2 fully saturated rings. The summed E-state index contributed by atoms with van der Waals surface area (Å²) in [5.41, 5.74) is 2.45. The molecule has 2 saturated heterocycles. The Morgan fingerprint density at radius 3 is 2.64 bits per heavy atom. The minimum absolute atomic E-state index is 0.369. The summed E-state index contributed by atoms with van der Waals surface area (Å²) in [6.07, 6.45) is 3.31. The maximum absolute atomic E-state index is 12.1. The minimum Gasteiger partial charge on any atom is -0.404 e. The molecule has 0 aliphatic carbocycles. The number of rotatable bonds is 4. The predicted molar refractivity (Wildman–Crippen MR) is 108 cm³/mol. The summed E-state index contributed by atoms with van der Waals surface area (Å²) in [5.74, 6) is 0.854. The van der Waals surface area contributed by atoms with Gasteiger partial charge in [0.25, 0.3) is 0 Å². The summed E-state index contributed by atoms with van der Waals surface area (Å²) in [6.45, 7) is 9.18. The largest absolute Gasteiger partial charge is 0.417 e. The lowest BCUT2D eigenvalue weighted by Crippen LogP contribution is -2.39. The summed E-state index contributed by atoms with van der Waals surface area (Å²) in [5, 5.41) is 6.54. The number of amides is 1. The number of carbonyl (C=O) groups is 1. The van der Waals surface area contributed by atoms with E-state index in [9.17, 15) is 4.79 Å². The molecule has 2 aliphatic rings. The molecule has 0 spiro atoms. The zero-order valence-corrected chi connectivity index (χ0v) is 16.8. The average molecular weight is 384 g/mol. The molecule has 2 atom stereocenters. The zero-order chi connectivity index (χ0) is 19.7. The highest BCUT2D eigenvalue weighted by Gasteiger charge is 2.32. The first-order chi connectivity index (χ1) is 13.5. The third-order valence-corrected chi connectivity index (χ3v) is 5.88. The first-order valence-electron chi connectivity index (χ1n) is 10.0. The molecule has 1 aromatic carbocycles. The fourth-order valence-corrected chi connectivity index (χ4v) is 4.36. The van der Waals surface area contributed by atoms with Gasteiger partial charge in [-0.3, -0.25) is 10.2 Å². The van der Waals surface area contributed by atoms with E-state index in [1.165, 1.54) is 31.5 Å². The van der Waals surface area contributed by atoms with Gasteiger partial charge in [0.05, 0.1) is 0 Å². The van der Waals surface area contributed by atoms with Crippen LogP contribution in [0.4, 0.5) is 16.2 Å². The minimum atomic E-state index is -0.550. The second-order valence-electron chi connectivity index (χ2n) is 7.83. The summed E-state index contributed by atoms with van der Waals surface area (Å²) in [7, 11) is 0. The normalized spacial score (nSPS) is 22.6. The molecule has 2 aliphatic heterocycles. The fraction of sp³-hybridized carbons (Fsp3) is 0.524. The standard InChI is InChI=1S/C21H28N4O3/c1-14-5-4-11-25(14)19-10-12-24(13-19)18-8-6-17(7-9-18)22-21(26)27-20-15(2)23-28-16(20)3/h6-9,14,19H,4-5,10-13H2,1-3H3,(H,22,26).